The second kappa shape index (κ2) is 13.0. The van der Waals surface area contributed by atoms with Gasteiger partial charge in [-0.25, -0.2) is 0 Å². The summed E-state index contributed by atoms with van der Waals surface area (Å²) in [6.45, 7) is 17.3. The minimum Gasteiger partial charge on any atom is -0.465 e. The van der Waals surface area contributed by atoms with Crippen LogP contribution >= 0.6 is 0 Å². The molecule has 0 radical (unpaired) electrons. The maximum atomic E-state index is 12.0. The number of ether oxygens (including phenoxy) is 6. The lowest BCUT2D eigenvalue weighted by molar-refractivity contribution is -0.299. The number of esters is 2. The monoisotopic (exact) mass is 602 g/mol. The third kappa shape index (κ3) is 7.90. The first-order chi connectivity index (χ1) is 19.6. The molecular formula is C32H46O9Si. The number of carbonyl (C=O) groups excluding carboxylic acids is 2. The van der Waals surface area contributed by atoms with Crippen LogP contribution in [0.25, 0.3) is 10.8 Å². The second-order valence-electron chi connectivity index (χ2n) is 12.9. The summed E-state index contributed by atoms with van der Waals surface area (Å²) in [6, 6.07) is 13.9. The van der Waals surface area contributed by atoms with E-state index in [4.69, 9.17) is 32.8 Å². The normalized spacial score (nSPS) is 30.5. The summed E-state index contributed by atoms with van der Waals surface area (Å²) in [7, 11) is -2.23. The number of hydrogen-bond acceptors (Lipinski definition) is 9. The fourth-order valence-electron chi connectivity index (χ4n) is 5.28. The molecule has 0 saturated carbocycles. The van der Waals surface area contributed by atoms with Crippen LogP contribution in [0.5, 0.6) is 5.75 Å². The molecule has 0 spiro atoms. The van der Waals surface area contributed by atoms with Gasteiger partial charge in [-0.05, 0) is 54.9 Å². The van der Waals surface area contributed by atoms with Crippen LogP contribution in [-0.2, 0) is 37.7 Å². The predicted molar refractivity (Wildman–Crippen MR) is 161 cm³/mol. The molecule has 4 rings (SSSR count). The van der Waals surface area contributed by atoms with E-state index in [9.17, 15) is 9.59 Å². The summed E-state index contributed by atoms with van der Waals surface area (Å²) >= 11 is 0. The first-order valence-corrected chi connectivity index (χ1v) is 17.7. The highest BCUT2D eigenvalue weighted by Gasteiger charge is 2.48. The topological polar surface area (TPSA) is 98.8 Å². The fraction of sp³-hybridized carbons (Fsp3) is 0.625. The number of hydrogen-bond donors (Lipinski definition) is 0. The Morgan fingerprint density at radius 1 is 0.810 bits per heavy atom. The zero-order valence-corrected chi connectivity index (χ0v) is 27.2. The Kier molecular flexibility index (Phi) is 10.0. The molecule has 9 nitrogen and oxygen atoms in total. The van der Waals surface area contributed by atoms with Crippen LogP contribution in [0.2, 0.25) is 18.1 Å². The van der Waals surface area contributed by atoms with Crippen molar-refractivity contribution in [2.45, 2.75) is 129 Å². The predicted octanol–water partition coefficient (Wildman–Crippen LogP) is 6.13. The molecule has 0 bridgehead atoms. The maximum Gasteiger partial charge on any atom is 0.303 e. The van der Waals surface area contributed by atoms with E-state index in [2.05, 4.69) is 33.9 Å². The molecule has 10 heteroatoms. The van der Waals surface area contributed by atoms with Crippen LogP contribution in [0, 0.1) is 0 Å². The van der Waals surface area contributed by atoms with Gasteiger partial charge in [0.2, 0.25) is 6.29 Å². The summed E-state index contributed by atoms with van der Waals surface area (Å²) < 4.78 is 43.3. The molecule has 2 aliphatic rings. The average molecular weight is 603 g/mol. The molecule has 8 atom stereocenters. The van der Waals surface area contributed by atoms with Gasteiger partial charge < -0.3 is 32.8 Å². The molecule has 0 aromatic heterocycles. The van der Waals surface area contributed by atoms with Gasteiger partial charge in [-0.3, -0.25) is 9.59 Å². The Morgan fingerprint density at radius 3 is 1.95 bits per heavy atom. The van der Waals surface area contributed by atoms with Crippen LogP contribution in [0.1, 0.15) is 61.3 Å². The van der Waals surface area contributed by atoms with E-state index in [1.54, 1.807) is 0 Å². The van der Waals surface area contributed by atoms with Gasteiger partial charge >= 0.3 is 11.9 Å². The van der Waals surface area contributed by atoms with Crippen molar-refractivity contribution in [3.05, 3.63) is 42.5 Å². The smallest absolute Gasteiger partial charge is 0.303 e. The summed E-state index contributed by atoms with van der Waals surface area (Å²) in [4.78, 5) is 24.0. The Bertz CT molecular complexity index is 1240. The highest BCUT2D eigenvalue weighted by atomic mass is 28.4. The van der Waals surface area contributed by atoms with E-state index >= 15 is 0 Å². The minimum absolute atomic E-state index is 0.0461. The molecule has 2 aromatic carbocycles. The molecule has 42 heavy (non-hydrogen) atoms. The highest BCUT2D eigenvalue weighted by Crippen LogP contribution is 2.40. The van der Waals surface area contributed by atoms with Crippen molar-refractivity contribution >= 4 is 31.0 Å². The maximum absolute atomic E-state index is 12.0. The lowest BCUT2D eigenvalue weighted by Crippen LogP contribution is -2.58. The molecule has 2 fully saturated rings. The van der Waals surface area contributed by atoms with E-state index < -0.39 is 63.5 Å². The van der Waals surface area contributed by atoms with Crippen molar-refractivity contribution in [1.82, 2.24) is 0 Å². The molecule has 0 amide bonds. The zero-order valence-electron chi connectivity index (χ0n) is 26.2. The fourth-order valence-corrected chi connectivity index (χ4v) is 6.62. The Hall–Kier alpha value is -2.50. The minimum atomic E-state index is -2.23. The number of fused-ring (bicyclic) bond motifs is 1. The highest BCUT2D eigenvalue weighted by molar-refractivity contribution is 6.74. The number of benzene rings is 2. The van der Waals surface area contributed by atoms with Crippen LogP contribution < -0.4 is 4.74 Å². The molecule has 2 aliphatic heterocycles. The third-order valence-electron chi connectivity index (χ3n) is 8.41. The molecule has 0 aliphatic carbocycles. The molecule has 232 valence electrons. The molecule has 2 heterocycles. The molecule has 0 N–H and O–H groups in total. The molecule has 0 unspecified atom stereocenters. The van der Waals surface area contributed by atoms with Gasteiger partial charge in [0.1, 0.15) is 11.9 Å². The van der Waals surface area contributed by atoms with Gasteiger partial charge in [-0.2, -0.15) is 0 Å². The summed E-state index contributed by atoms with van der Waals surface area (Å²) in [5.74, 6) is -0.143. The van der Waals surface area contributed by atoms with E-state index in [0.29, 0.717) is 18.6 Å². The van der Waals surface area contributed by atoms with Crippen molar-refractivity contribution in [3.8, 4) is 5.75 Å². The van der Waals surface area contributed by atoms with Crippen LogP contribution in [0.3, 0.4) is 0 Å². The van der Waals surface area contributed by atoms with Gasteiger partial charge in [0.15, 0.2) is 26.8 Å². The van der Waals surface area contributed by atoms with Crippen LogP contribution in [0.15, 0.2) is 42.5 Å². The molecule has 2 saturated heterocycles. The Morgan fingerprint density at radius 2 is 1.36 bits per heavy atom. The summed E-state index contributed by atoms with van der Waals surface area (Å²) in [5, 5.41) is 2.13. The SMILES string of the molecule is CC(=O)O[C@@H]1[C@@H](C)O[C@@H](O[C@@H]2C[C@H](Oc3ccc4ccccc4c3)O[C@H](C)[C@@H]2OC(C)=O)C[C@H]1O[Si](C)(C)C(C)(C)C. The quantitative estimate of drug-likeness (QED) is 0.261. The van der Waals surface area contributed by atoms with Gasteiger partial charge in [-0.1, -0.05) is 51.1 Å². The first-order valence-electron chi connectivity index (χ1n) is 14.8. The van der Waals surface area contributed by atoms with Crippen LogP contribution in [0.4, 0.5) is 0 Å². The summed E-state index contributed by atoms with van der Waals surface area (Å²) in [6.07, 6.45) is -3.85. The first kappa shape index (κ1) is 32.4. The molecule has 2 aromatic rings. The second-order valence-corrected chi connectivity index (χ2v) is 17.6. The van der Waals surface area contributed by atoms with E-state index in [1.807, 2.05) is 56.3 Å². The van der Waals surface area contributed by atoms with Gasteiger partial charge in [0, 0.05) is 26.7 Å². The standard InChI is InChI=1S/C32H46O9Si/c1-19-30(37-21(3)33)26(17-28(35-19)39-25-15-14-23-12-10-11-13-24(23)16-25)40-29-18-27(41-42(8,9)32(5,6)7)31(20(2)36-29)38-22(4)34/h10-16,19-20,26-31H,17-18H2,1-9H3/t19-,20-,26-,27-,28+,29+,30+,31-/m1/s1. The molecular weight excluding hydrogens is 556 g/mol. The lowest BCUT2D eigenvalue weighted by Gasteiger charge is -2.47. The van der Waals surface area contributed by atoms with E-state index in [0.717, 1.165) is 10.8 Å². The van der Waals surface area contributed by atoms with E-state index in [1.165, 1.54) is 13.8 Å². The van der Waals surface area contributed by atoms with Crippen LogP contribution in [-0.4, -0.2) is 69.5 Å². The Balaban J connectivity index is 1.53. The van der Waals surface area contributed by atoms with Crippen molar-refractivity contribution in [2.75, 3.05) is 0 Å². The average Bonchev–Trinajstić information content (AvgIpc) is 2.87. The number of carbonyl (C=O) groups is 2. The van der Waals surface area contributed by atoms with Gasteiger partial charge in [-0.15, -0.1) is 0 Å². The lowest BCUT2D eigenvalue weighted by atomic mass is 10.00. The van der Waals surface area contributed by atoms with Crippen molar-refractivity contribution in [3.63, 3.8) is 0 Å². The largest absolute Gasteiger partial charge is 0.465 e. The van der Waals surface area contributed by atoms with Gasteiger partial charge in [0.25, 0.3) is 0 Å². The van der Waals surface area contributed by atoms with Gasteiger partial charge in [0.05, 0.1) is 18.3 Å². The van der Waals surface area contributed by atoms with Crippen molar-refractivity contribution < 1.29 is 42.4 Å². The third-order valence-corrected chi connectivity index (χ3v) is 12.9. The van der Waals surface area contributed by atoms with Crippen molar-refractivity contribution in [2.24, 2.45) is 0 Å². The number of rotatable bonds is 8. The van der Waals surface area contributed by atoms with Crippen molar-refractivity contribution in [1.29, 1.82) is 0 Å². The summed E-state index contributed by atoms with van der Waals surface area (Å²) in [5.41, 5.74) is 0. The zero-order chi connectivity index (χ0) is 30.8. The van der Waals surface area contributed by atoms with E-state index in [-0.39, 0.29) is 11.0 Å². The Labute approximate surface area is 250 Å².